The number of nitrogens with zero attached hydrogens (tertiary/aromatic N) is 1. The van der Waals surface area contributed by atoms with E-state index in [4.69, 9.17) is 14.2 Å². The van der Waals surface area contributed by atoms with E-state index in [-0.39, 0.29) is 23.0 Å². The lowest BCUT2D eigenvalue weighted by Gasteiger charge is -2.30. The predicted octanol–water partition coefficient (Wildman–Crippen LogP) is 4.26. The number of hydrogen-bond acceptors (Lipinski definition) is 5. The standard InChI is InChI=1S/C15H17Br2NO4/c1-4-20-15-18-12-6-5-10(16)7-11(12)14(22-9(3)19)13(17)8(2)21-15/h5-8,13-14H,4H2,1-3H3/t8-,13-,14+/m1/s1. The number of aliphatic imine (C=N–C) groups is 1. The Bertz CT molecular complexity index is 591. The Morgan fingerprint density at radius 1 is 1.45 bits per heavy atom. The highest BCUT2D eigenvalue weighted by atomic mass is 79.9. The first-order valence-corrected chi connectivity index (χ1v) is 8.62. The summed E-state index contributed by atoms with van der Waals surface area (Å²) in [5.41, 5.74) is 1.44. The third-order valence-electron chi connectivity index (χ3n) is 3.09. The smallest absolute Gasteiger partial charge is 0.389 e. The van der Waals surface area contributed by atoms with Gasteiger partial charge in [-0.15, -0.1) is 0 Å². The molecule has 2 rings (SSSR count). The van der Waals surface area contributed by atoms with Crippen molar-refractivity contribution in [3.8, 4) is 0 Å². The number of alkyl halides is 1. The van der Waals surface area contributed by atoms with Gasteiger partial charge >= 0.3 is 12.1 Å². The molecule has 1 aromatic rings. The third kappa shape index (κ3) is 4.01. The van der Waals surface area contributed by atoms with Gasteiger partial charge in [0.25, 0.3) is 0 Å². The predicted molar refractivity (Wildman–Crippen MR) is 90.6 cm³/mol. The van der Waals surface area contributed by atoms with E-state index >= 15 is 0 Å². The topological polar surface area (TPSA) is 57.1 Å². The van der Waals surface area contributed by atoms with Crippen LogP contribution in [0.2, 0.25) is 0 Å². The summed E-state index contributed by atoms with van der Waals surface area (Å²) in [7, 11) is 0. The number of fused-ring (bicyclic) bond motifs is 1. The lowest BCUT2D eigenvalue weighted by atomic mass is 10.0. The molecule has 0 aromatic heterocycles. The molecular weight excluding hydrogens is 418 g/mol. The molecular formula is C15H17Br2NO4. The summed E-state index contributed by atoms with van der Waals surface area (Å²) in [5.74, 6) is -0.359. The fraction of sp³-hybridized carbons (Fsp3) is 0.467. The molecule has 1 aliphatic heterocycles. The van der Waals surface area contributed by atoms with Gasteiger partial charge in [-0.3, -0.25) is 4.79 Å². The highest BCUT2D eigenvalue weighted by Gasteiger charge is 2.34. The average Bonchev–Trinajstić information content (AvgIpc) is 2.45. The molecule has 0 amide bonds. The zero-order valence-corrected chi connectivity index (χ0v) is 15.7. The monoisotopic (exact) mass is 433 g/mol. The van der Waals surface area contributed by atoms with Crippen LogP contribution in [0.1, 0.15) is 32.4 Å². The fourth-order valence-electron chi connectivity index (χ4n) is 2.12. The van der Waals surface area contributed by atoms with E-state index in [0.29, 0.717) is 12.3 Å². The zero-order valence-electron chi connectivity index (χ0n) is 12.5. The number of ether oxygens (including phenoxy) is 3. The van der Waals surface area contributed by atoms with Gasteiger partial charge in [0.15, 0.2) is 0 Å². The van der Waals surface area contributed by atoms with Crippen LogP contribution in [0.3, 0.4) is 0 Å². The molecule has 0 bridgehead atoms. The van der Waals surface area contributed by atoms with E-state index in [1.54, 1.807) is 0 Å². The summed E-state index contributed by atoms with van der Waals surface area (Å²) in [6.45, 7) is 5.58. The Kier molecular flexibility index (Phi) is 5.86. The molecule has 120 valence electrons. The third-order valence-corrected chi connectivity index (χ3v) is 4.81. The van der Waals surface area contributed by atoms with Gasteiger partial charge in [0.05, 0.1) is 17.1 Å². The van der Waals surface area contributed by atoms with Crippen LogP contribution in [-0.2, 0) is 19.0 Å². The van der Waals surface area contributed by atoms with Gasteiger partial charge in [-0.2, -0.15) is 4.99 Å². The minimum atomic E-state index is -0.507. The number of benzene rings is 1. The van der Waals surface area contributed by atoms with Crippen LogP contribution in [0.4, 0.5) is 5.69 Å². The van der Waals surface area contributed by atoms with E-state index in [9.17, 15) is 4.79 Å². The van der Waals surface area contributed by atoms with Gasteiger partial charge < -0.3 is 14.2 Å². The molecule has 0 saturated carbocycles. The molecule has 0 fully saturated rings. The van der Waals surface area contributed by atoms with Crippen LogP contribution in [0.25, 0.3) is 0 Å². The maximum Gasteiger partial charge on any atom is 0.389 e. The molecule has 0 saturated heterocycles. The Morgan fingerprint density at radius 2 is 2.18 bits per heavy atom. The lowest BCUT2D eigenvalue weighted by molar-refractivity contribution is -0.147. The van der Waals surface area contributed by atoms with E-state index in [2.05, 4.69) is 36.9 Å². The summed E-state index contributed by atoms with van der Waals surface area (Å²) >= 11 is 7.02. The normalized spacial score (nSPS) is 24.2. The second-order valence-corrected chi connectivity index (χ2v) is 6.78. The van der Waals surface area contributed by atoms with Gasteiger partial charge in [0, 0.05) is 17.0 Å². The first-order valence-electron chi connectivity index (χ1n) is 6.91. The highest BCUT2D eigenvalue weighted by Crippen LogP contribution is 2.39. The van der Waals surface area contributed by atoms with Gasteiger partial charge in [-0.1, -0.05) is 31.9 Å². The van der Waals surface area contributed by atoms with Crippen molar-refractivity contribution in [1.29, 1.82) is 0 Å². The SMILES string of the molecule is CCOC1=Nc2ccc(Br)cc2[C@H](OC(C)=O)[C@H](Br)[C@@H](C)O1. The quantitative estimate of drug-likeness (QED) is 0.515. The minimum absolute atomic E-state index is 0.212. The van der Waals surface area contributed by atoms with E-state index in [1.165, 1.54) is 6.92 Å². The largest absolute Gasteiger partial charge is 0.456 e. The number of carbonyl (C=O) groups excluding carboxylic acids is 1. The summed E-state index contributed by atoms with van der Waals surface area (Å²) < 4.78 is 17.5. The molecule has 1 aliphatic rings. The number of hydrogen-bond donors (Lipinski definition) is 0. The van der Waals surface area contributed by atoms with Crippen LogP contribution in [0.5, 0.6) is 0 Å². The van der Waals surface area contributed by atoms with Crippen molar-refractivity contribution in [3.05, 3.63) is 28.2 Å². The molecule has 0 aliphatic carbocycles. The molecule has 0 spiro atoms. The molecule has 0 unspecified atom stereocenters. The summed E-state index contributed by atoms with van der Waals surface area (Å²) in [6, 6.07) is 5.58. The minimum Gasteiger partial charge on any atom is -0.456 e. The van der Waals surface area contributed by atoms with Gasteiger partial charge in [-0.25, -0.2) is 0 Å². The van der Waals surface area contributed by atoms with Crippen molar-refractivity contribution in [3.63, 3.8) is 0 Å². The van der Waals surface area contributed by atoms with Crippen LogP contribution >= 0.6 is 31.9 Å². The van der Waals surface area contributed by atoms with Crippen LogP contribution < -0.4 is 0 Å². The molecule has 1 heterocycles. The Morgan fingerprint density at radius 3 is 2.82 bits per heavy atom. The first-order chi connectivity index (χ1) is 10.4. The molecule has 22 heavy (non-hydrogen) atoms. The van der Waals surface area contributed by atoms with E-state index in [0.717, 1.165) is 10.0 Å². The van der Waals surface area contributed by atoms with Crippen molar-refractivity contribution >= 4 is 49.6 Å². The van der Waals surface area contributed by atoms with Crippen molar-refractivity contribution in [2.45, 2.75) is 37.8 Å². The Hall–Kier alpha value is -1.08. The van der Waals surface area contributed by atoms with Crippen LogP contribution in [0.15, 0.2) is 27.7 Å². The van der Waals surface area contributed by atoms with Gasteiger partial charge in [-0.05, 0) is 32.0 Å². The summed E-state index contributed by atoms with van der Waals surface area (Å²) in [5, 5.41) is 0. The average molecular weight is 435 g/mol. The van der Waals surface area contributed by atoms with Crippen LogP contribution in [-0.4, -0.2) is 29.6 Å². The lowest BCUT2D eigenvalue weighted by Crippen LogP contribution is -2.33. The molecule has 5 nitrogen and oxygen atoms in total. The van der Waals surface area contributed by atoms with Crippen molar-refractivity contribution in [2.24, 2.45) is 4.99 Å². The maximum absolute atomic E-state index is 11.5. The van der Waals surface area contributed by atoms with Gasteiger partial charge in [0.1, 0.15) is 12.2 Å². The fourth-order valence-corrected chi connectivity index (χ4v) is 3.00. The molecule has 1 aromatic carbocycles. The zero-order chi connectivity index (χ0) is 16.3. The molecule has 0 radical (unpaired) electrons. The van der Waals surface area contributed by atoms with E-state index in [1.807, 2.05) is 32.0 Å². The highest BCUT2D eigenvalue weighted by molar-refractivity contribution is 9.10. The molecule has 3 atom stereocenters. The summed E-state index contributed by atoms with van der Waals surface area (Å²) in [6.07, 6.45) is -0.585. The Labute approximate surface area is 146 Å². The van der Waals surface area contributed by atoms with Crippen LogP contribution in [0, 0.1) is 0 Å². The van der Waals surface area contributed by atoms with Crippen molar-refractivity contribution < 1.29 is 19.0 Å². The van der Waals surface area contributed by atoms with Crippen molar-refractivity contribution in [2.75, 3.05) is 6.61 Å². The molecule has 0 N–H and O–H groups in total. The molecule has 7 heteroatoms. The number of halogens is 2. The number of carbonyl (C=O) groups is 1. The number of rotatable bonds is 2. The maximum atomic E-state index is 11.5. The number of esters is 1. The summed E-state index contributed by atoms with van der Waals surface area (Å²) in [4.78, 5) is 15.6. The van der Waals surface area contributed by atoms with E-state index < -0.39 is 6.10 Å². The van der Waals surface area contributed by atoms with Crippen molar-refractivity contribution in [1.82, 2.24) is 0 Å². The second kappa shape index (κ2) is 7.46. The first kappa shape index (κ1) is 17.3. The Balaban J connectivity index is 2.55. The van der Waals surface area contributed by atoms with Gasteiger partial charge in [0.2, 0.25) is 0 Å². The second-order valence-electron chi connectivity index (χ2n) is 4.81.